The topological polar surface area (TPSA) is 39.1 Å². The molecule has 0 aliphatic heterocycles. The van der Waals surface area contributed by atoms with Gasteiger partial charge in [-0.05, 0) is 39.0 Å². The van der Waals surface area contributed by atoms with Crippen LogP contribution in [0.4, 0.5) is 0 Å². The molecule has 5 heteroatoms. The van der Waals surface area contributed by atoms with Crippen LogP contribution in [0.2, 0.25) is 0 Å². The molecule has 0 amide bonds. The molecule has 21 heavy (non-hydrogen) atoms. The lowest BCUT2D eigenvalue weighted by molar-refractivity contribution is 0.294. The molecule has 114 valence electrons. The van der Waals surface area contributed by atoms with Gasteiger partial charge in [0.05, 0.1) is 13.1 Å². The molecule has 1 aromatic heterocycles. The molecule has 4 nitrogen and oxygen atoms in total. The first-order valence-corrected chi connectivity index (χ1v) is 7.87. The van der Waals surface area contributed by atoms with E-state index in [2.05, 4.69) is 51.6 Å². The number of ether oxygens (including phenoxy) is 1. The third kappa shape index (κ3) is 5.52. The summed E-state index contributed by atoms with van der Waals surface area (Å²) in [7, 11) is 0. The van der Waals surface area contributed by atoms with Crippen LogP contribution >= 0.6 is 15.9 Å². The molecule has 2 rings (SSSR count). The van der Waals surface area contributed by atoms with Gasteiger partial charge in [-0.2, -0.15) is 0 Å². The van der Waals surface area contributed by atoms with Gasteiger partial charge in [0.2, 0.25) is 0 Å². The minimum Gasteiger partial charge on any atom is -0.492 e. The summed E-state index contributed by atoms with van der Waals surface area (Å²) in [4.78, 5) is 4.40. The standard InChI is InChI=1S/C16H22BrN3O/c1-16(2,3)19-12-15-18-7-8-20(15)9-10-21-14-6-4-5-13(17)11-14/h4-8,11,19H,9-10,12H2,1-3H3. The molecule has 0 aliphatic rings. The average Bonchev–Trinajstić information content (AvgIpc) is 2.83. The summed E-state index contributed by atoms with van der Waals surface area (Å²) in [5.74, 6) is 1.90. The number of hydrogen-bond donors (Lipinski definition) is 1. The van der Waals surface area contributed by atoms with Crippen molar-refractivity contribution in [3.63, 3.8) is 0 Å². The fourth-order valence-corrected chi connectivity index (χ4v) is 2.25. The maximum absolute atomic E-state index is 5.76. The zero-order chi connectivity index (χ0) is 15.3. The van der Waals surface area contributed by atoms with Crippen molar-refractivity contribution in [3.05, 3.63) is 47.0 Å². The van der Waals surface area contributed by atoms with Gasteiger partial charge in [0.25, 0.3) is 0 Å². The quantitative estimate of drug-likeness (QED) is 0.863. The number of nitrogens with zero attached hydrogens (tertiary/aromatic N) is 2. The molecule has 1 aromatic carbocycles. The van der Waals surface area contributed by atoms with Gasteiger partial charge in [-0.3, -0.25) is 0 Å². The average molecular weight is 352 g/mol. The highest BCUT2D eigenvalue weighted by Gasteiger charge is 2.11. The van der Waals surface area contributed by atoms with Crippen LogP contribution in [0.25, 0.3) is 0 Å². The van der Waals surface area contributed by atoms with Crippen LogP contribution in [0, 0.1) is 0 Å². The number of hydrogen-bond acceptors (Lipinski definition) is 3. The highest BCUT2D eigenvalue weighted by molar-refractivity contribution is 9.10. The highest BCUT2D eigenvalue weighted by atomic mass is 79.9. The Hall–Kier alpha value is -1.33. The molecule has 1 heterocycles. The minimum absolute atomic E-state index is 0.0869. The van der Waals surface area contributed by atoms with Crippen molar-refractivity contribution in [2.24, 2.45) is 0 Å². The SMILES string of the molecule is CC(C)(C)NCc1nccn1CCOc1cccc(Br)c1. The number of halogens is 1. The van der Waals surface area contributed by atoms with Crippen LogP contribution in [0.1, 0.15) is 26.6 Å². The Labute approximate surface area is 134 Å². The summed E-state index contributed by atoms with van der Waals surface area (Å²) in [6.45, 7) is 8.61. The lowest BCUT2D eigenvalue weighted by Gasteiger charge is -2.20. The zero-order valence-electron chi connectivity index (χ0n) is 12.8. The van der Waals surface area contributed by atoms with Crippen molar-refractivity contribution in [1.29, 1.82) is 0 Å². The molecule has 0 saturated heterocycles. The van der Waals surface area contributed by atoms with Crippen LogP contribution in [0.15, 0.2) is 41.1 Å². The molecule has 0 saturated carbocycles. The molecule has 0 unspecified atom stereocenters. The van der Waals surface area contributed by atoms with Crippen LogP contribution in [0.3, 0.4) is 0 Å². The lowest BCUT2D eigenvalue weighted by Crippen LogP contribution is -2.36. The van der Waals surface area contributed by atoms with Crippen LogP contribution in [0.5, 0.6) is 5.75 Å². The van der Waals surface area contributed by atoms with E-state index in [1.165, 1.54) is 0 Å². The van der Waals surface area contributed by atoms with Crippen LogP contribution in [-0.2, 0) is 13.1 Å². The summed E-state index contributed by atoms with van der Waals surface area (Å²) in [5, 5.41) is 3.45. The predicted octanol–water partition coefficient (Wildman–Crippen LogP) is 3.61. The van der Waals surface area contributed by atoms with E-state index in [0.717, 1.165) is 29.1 Å². The first kappa shape index (κ1) is 16.0. The van der Waals surface area contributed by atoms with Crippen molar-refractivity contribution < 1.29 is 4.74 Å². The Morgan fingerprint density at radius 1 is 1.33 bits per heavy atom. The van der Waals surface area contributed by atoms with Crippen LogP contribution in [-0.4, -0.2) is 21.7 Å². The van der Waals surface area contributed by atoms with E-state index in [-0.39, 0.29) is 5.54 Å². The monoisotopic (exact) mass is 351 g/mol. The zero-order valence-corrected chi connectivity index (χ0v) is 14.4. The van der Waals surface area contributed by atoms with Gasteiger partial charge in [0, 0.05) is 22.4 Å². The Kier molecular flexibility index (Phi) is 5.42. The number of imidazole rings is 1. The smallest absolute Gasteiger partial charge is 0.122 e. The fraction of sp³-hybridized carbons (Fsp3) is 0.438. The fourth-order valence-electron chi connectivity index (χ4n) is 1.87. The van der Waals surface area contributed by atoms with Crippen molar-refractivity contribution >= 4 is 15.9 Å². The van der Waals surface area contributed by atoms with Gasteiger partial charge in [-0.15, -0.1) is 0 Å². The van der Waals surface area contributed by atoms with Gasteiger partial charge in [0.1, 0.15) is 18.2 Å². The van der Waals surface area contributed by atoms with Crippen molar-refractivity contribution in [3.8, 4) is 5.75 Å². The summed E-state index contributed by atoms with van der Waals surface area (Å²) >= 11 is 3.44. The molecular formula is C16H22BrN3O. The Morgan fingerprint density at radius 2 is 2.14 bits per heavy atom. The molecule has 0 radical (unpaired) electrons. The van der Waals surface area contributed by atoms with Gasteiger partial charge in [-0.25, -0.2) is 4.98 Å². The molecular weight excluding hydrogens is 330 g/mol. The highest BCUT2D eigenvalue weighted by Crippen LogP contribution is 2.17. The molecule has 0 aliphatic carbocycles. The van der Waals surface area contributed by atoms with Crippen molar-refractivity contribution in [1.82, 2.24) is 14.9 Å². The van der Waals surface area contributed by atoms with Crippen molar-refractivity contribution in [2.45, 2.75) is 39.4 Å². The van der Waals surface area contributed by atoms with E-state index >= 15 is 0 Å². The van der Waals surface area contributed by atoms with Gasteiger partial charge < -0.3 is 14.6 Å². The van der Waals surface area contributed by atoms with Crippen LogP contribution < -0.4 is 10.1 Å². The number of rotatable bonds is 6. The first-order valence-electron chi connectivity index (χ1n) is 7.07. The second-order valence-corrected chi connectivity index (χ2v) is 6.86. The summed E-state index contributed by atoms with van der Waals surface area (Å²) < 4.78 is 8.91. The number of nitrogens with one attached hydrogen (secondary N) is 1. The molecule has 1 N–H and O–H groups in total. The number of aromatic nitrogens is 2. The number of benzene rings is 1. The molecule has 0 bridgehead atoms. The molecule has 0 fully saturated rings. The van der Waals surface area contributed by atoms with Gasteiger partial charge in [0.15, 0.2) is 0 Å². The Bertz CT molecular complexity index is 575. The van der Waals surface area contributed by atoms with Gasteiger partial charge >= 0.3 is 0 Å². The first-order chi connectivity index (χ1) is 9.94. The van der Waals surface area contributed by atoms with E-state index in [1.54, 1.807) is 0 Å². The Balaban J connectivity index is 1.85. The van der Waals surface area contributed by atoms with Gasteiger partial charge in [-0.1, -0.05) is 22.0 Å². The second-order valence-electron chi connectivity index (χ2n) is 5.95. The summed E-state index contributed by atoms with van der Waals surface area (Å²) in [6.07, 6.45) is 3.82. The Morgan fingerprint density at radius 3 is 2.86 bits per heavy atom. The van der Waals surface area contributed by atoms with E-state index in [9.17, 15) is 0 Å². The predicted molar refractivity (Wildman–Crippen MR) is 88.5 cm³/mol. The molecule has 0 atom stereocenters. The van der Waals surface area contributed by atoms with E-state index in [4.69, 9.17) is 4.74 Å². The lowest BCUT2D eigenvalue weighted by atomic mass is 10.1. The third-order valence-electron chi connectivity index (χ3n) is 2.98. The normalized spacial score (nSPS) is 11.6. The third-order valence-corrected chi connectivity index (χ3v) is 3.47. The maximum atomic E-state index is 5.76. The van der Waals surface area contributed by atoms with E-state index in [1.807, 2.05) is 36.7 Å². The maximum Gasteiger partial charge on any atom is 0.122 e. The molecule has 0 spiro atoms. The largest absolute Gasteiger partial charge is 0.492 e. The second kappa shape index (κ2) is 7.09. The van der Waals surface area contributed by atoms with Crippen molar-refractivity contribution in [2.75, 3.05) is 6.61 Å². The summed E-state index contributed by atoms with van der Waals surface area (Å²) in [6, 6.07) is 7.88. The van der Waals surface area contributed by atoms with E-state index < -0.39 is 0 Å². The van der Waals surface area contributed by atoms with E-state index in [0.29, 0.717) is 6.61 Å². The molecule has 2 aromatic rings. The minimum atomic E-state index is 0.0869. The summed E-state index contributed by atoms with van der Waals surface area (Å²) in [5.41, 5.74) is 0.0869.